The number of aryl methyl sites for hydroxylation is 2. The van der Waals surface area contributed by atoms with Gasteiger partial charge >= 0.3 is 0 Å². The van der Waals surface area contributed by atoms with Crippen molar-refractivity contribution in [2.45, 2.75) is 47.6 Å². The van der Waals surface area contributed by atoms with Crippen LogP contribution in [0.1, 0.15) is 47.0 Å². The summed E-state index contributed by atoms with van der Waals surface area (Å²) in [6, 6.07) is 5.50. The lowest BCUT2D eigenvalue weighted by Crippen LogP contribution is -2.43. The molecule has 0 saturated heterocycles. The highest BCUT2D eigenvalue weighted by Crippen LogP contribution is 2.15. The molecule has 0 saturated carbocycles. The first-order valence-corrected chi connectivity index (χ1v) is 9.33. The van der Waals surface area contributed by atoms with E-state index in [-0.39, 0.29) is 12.3 Å². The van der Waals surface area contributed by atoms with Crippen LogP contribution < -0.4 is 10.9 Å². The third-order valence-electron chi connectivity index (χ3n) is 4.64. The van der Waals surface area contributed by atoms with E-state index < -0.39 is 5.91 Å². The minimum absolute atomic E-state index is 0.155. The Morgan fingerprint density at radius 3 is 2.57 bits per heavy atom. The summed E-state index contributed by atoms with van der Waals surface area (Å²) in [5.74, 6) is -0.240. The average molecular weight is 382 g/mol. The molecule has 148 valence electrons. The van der Waals surface area contributed by atoms with Gasteiger partial charge in [-0.3, -0.25) is 29.5 Å². The summed E-state index contributed by atoms with van der Waals surface area (Å²) in [6.45, 7) is 10.7. The highest BCUT2D eigenvalue weighted by Gasteiger charge is 2.19. The molecule has 0 aliphatic rings. The van der Waals surface area contributed by atoms with Gasteiger partial charge in [0.15, 0.2) is 0 Å². The van der Waals surface area contributed by atoms with Gasteiger partial charge in [-0.1, -0.05) is 19.9 Å². The van der Waals surface area contributed by atoms with Crippen molar-refractivity contribution in [3.8, 4) is 0 Å². The van der Waals surface area contributed by atoms with Crippen LogP contribution in [-0.4, -0.2) is 31.0 Å². The van der Waals surface area contributed by atoms with E-state index in [1.807, 2.05) is 36.7 Å². The van der Waals surface area contributed by atoms with E-state index in [0.29, 0.717) is 23.0 Å². The predicted octanol–water partition coefficient (Wildman–Crippen LogP) is 2.12. The second-order valence-electron chi connectivity index (χ2n) is 7.38. The minimum atomic E-state index is -0.409. The van der Waals surface area contributed by atoms with Crippen LogP contribution >= 0.6 is 0 Å². The smallest absolute Gasteiger partial charge is 0.288 e. The van der Waals surface area contributed by atoms with Crippen molar-refractivity contribution in [1.82, 2.24) is 30.0 Å². The second kappa shape index (κ2) is 7.84. The normalized spacial score (nSPS) is 11.2. The molecule has 2 N–H and O–H groups in total. The van der Waals surface area contributed by atoms with Crippen molar-refractivity contribution in [3.05, 3.63) is 52.7 Å². The molecular formula is C20H26N6O2. The van der Waals surface area contributed by atoms with Crippen molar-refractivity contribution in [1.29, 1.82) is 0 Å². The Labute approximate surface area is 163 Å². The van der Waals surface area contributed by atoms with Crippen LogP contribution in [0, 0.1) is 26.7 Å². The lowest BCUT2D eigenvalue weighted by Gasteiger charge is -2.09. The molecule has 8 nitrogen and oxygen atoms in total. The summed E-state index contributed by atoms with van der Waals surface area (Å²) >= 11 is 0. The molecule has 3 rings (SSSR count). The van der Waals surface area contributed by atoms with Gasteiger partial charge in [-0.2, -0.15) is 5.10 Å². The van der Waals surface area contributed by atoms with E-state index in [9.17, 15) is 9.59 Å². The van der Waals surface area contributed by atoms with Crippen molar-refractivity contribution >= 4 is 17.5 Å². The first-order valence-electron chi connectivity index (χ1n) is 9.33. The zero-order valence-corrected chi connectivity index (χ0v) is 16.9. The third-order valence-corrected chi connectivity index (χ3v) is 4.64. The molecule has 0 unspecified atom stereocenters. The van der Waals surface area contributed by atoms with Gasteiger partial charge in [0.05, 0.1) is 17.8 Å². The Morgan fingerprint density at radius 1 is 1.11 bits per heavy atom. The number of nitrogens with one attached hydrogen (secondary N) is 2. The molecule has 28 heavy (non-hydrogen) atoms. The first-order chi connectivity index (χ1) is 13.3. The van der Waals surface area contributed by atoms with E-state index in [1.54, 1.807) is 17.5 Å². The van der Waals surface area contributed by atoms with E-state index >= 15 is 0 Å². The lowest BCUT2D eigenvalue weighted by atomic mass is 10.1. The Morgan fingerprint density at radius 2 is 1.86 bits per heavy atom. The van der Waals surface area contributed by atoms with Gasteiger partial charge < -0.3 is 0 Å². The van der Waals surface area contributed by atoms with E-state index in [1.165, 1.54) is 0 Å². The van der Waals surface area contributed by atoms with Gasteiger partial charge in [0.25, 0.3) is 5.91 Å². The molecule has 0 atom stereocenters. The van der Waals surface area contributed by atoms with Gasteiger partial charge in [0.1, 0.15) is 11.3 Å². The first kappa shape index (κ1) is 19.6. The van der Waals surface area contributed by atoms with Crippen LogP contribution in [0.5, 0.6) is 0 Å². The number of hydrazine groups is 1. The largest absolute Gasteiger partial charge is 0.295 e. The zero-order chi connectivity index (χ0) is 20.4. The van der Waals surface area contributed by atoms with Crippen molar-refractivity contribution in [3.63, 3.8) is 0 Å². The van der Waals surface area contributed by atoms with Gasteiger partial charge in [-0.05, 0) is 38.8 Å². The summed E-state index contributed by atoms with van der Waals surface area (Å²) in [4.78, 5) is 29.3. The second-order valence-corrected chi connectivity index (χ2v) is 7.38. The Balaban J connectivity index is 1.67. The molecule has 0 fully saturated rings. The maximum atomic E-state index is 12.6. The SMILES string of the molecule is Cc1nn(CC(C)C)c(C)c1CC(=O)NNC(=O)c1c(C)nc2ccccn12. The number of carbonyl (C=O) groups excluding carboxylic acids is 2. The lowest BCUT2D eigenvalue weighted by molar-refractivity contribution is -0.121. The zero-order valence-electron chi connectivity index (χ0n) is 16.9. The van der Waals surface area contributed by atoms with Crippen molar-refractivity contribution < 1.29 is 9.59 Å². The van der Waals surface area contributed by atoms with E-state index in [0.717, 1.165) is 23.5 Å². The number of nitrogens with zero attached hydrogens (tertiary/aromatic N) is 4. The number of imidazole rings is 1. The molecule has 0 bridgehead atoms. The number of fused-ring (bicyclic) bond motifs is 1. The number of hydrogen-bond donors (Lipinski definition) is 2. The van der Waals surface area contributed by atoms with Gasteiger partial charge in [-0.15, -0.1) is 0 Å². The molecule has 3 aromatic heterocycles. The minimum Gasteiger partial charge on any atom is -0.295 e. The molecule has 3 heterocycles. The third kappa shape index (κ3) is 3.90. The van der Waals surface area contributed by atoms with Crippen LogP contribution in [0.2, 0.25) is 0 Å². The summed E-state index contributed by atoms with van der Waals surface area (Å²) in [5, 5.41) is 4.52. The van der Waals surface area contributed by atoms with Crippen LogP contribution in [0.15, 0.2) is 24.4 Å². The molecule has 0 aromatic carbocycles. The maximum absolute atomic E-state index is 12.6. The number of aromatic nitrogens is 4. The summed E-state index contributed by atoms with van der Waals surface area (Å²) in [6.07, 6.45) is 1.92. The molecule has 0 radical (unpaired) electrons. The molecule has 0 spiro atoms. The molecule has 0 aliphatic heterocycles. The fraction of sp³-hybridized carbons (Fsp3) is 0.400. The Kier molecular flexibility index (Phi) is 5.48. The van der Waals surface area contributed by atoms with Crippen LogP contribution in [0.25, 0.3) is 5.65 Å². The van der Waals surface area contributed by atoms with E-state index in [4.69, 9.17) is 0 Å². The molecule has 8 heteroatoms. The standard InChI is InChI=1S/C20H26N6O2/c1-12(2)11-26-15(5)16(13(3)24-26)10-18(27)22-23-20(28)19-14(4)21-17-8-6-7-9-25(17)19/h6-9,12H,10-11H2,1-5H3,(H,22,27)(H,23,28). The van der Waals surface area contributed by atoms with E-state index in [2.05, 4.69) is 34.8 Å². The molecule has 0 aliphatic carbocycles. The topological polar surface area (TPSA) is 93.3 Å². The number of rotatable bonds is 5. The number of pyridine rings is 1. The fourth-order valence-electron chi connectivity index (χ4n) is 3.29. The number of amides is 2. The highest BCUT2D eigenvalue weighted by molar-refractivity contribution is 5.96. The van der Waals surface area contributed by atoms with Crippen LogP contribution in [0.4, 0.5) is 0 Å². The predicted molar refractivity (Wildman–Crippen MR) is 106 cm³/mol. The summed E-state index contributed by atoms with van der Waals surface area (Å²) in [5.41, 5.74) is 9.36. The maximum Gasteiger partial charge on any atom is 0.288 e. The Bertz CT molecular complexity index is 1030. The monoisotopic (exact) mass is 382 g/mol. The molecule has 2 amide bonds. The average Bonchev–Trinajstić information content (AvgIpc) is 3.10. The van der Waals surface area contributed by atoms with Gasteiger partial charge in [0.2, 0.25) is 5.91 Å². The molecular weight excluding hydrogens is 356 g/mol. The van der Waals surface area contributed by atoms with Gasteiger partial charge in [-0.25, -0.2) is 4.98 Å². The fourth-order valence-corrected chi connectivity index (χ4v) is 3.29. The van der Waals surface area contributed by atoms with Gasteiger partial charge in [0, 0.05) is 24.0 Å². The summed E-state index contributed by atoms with van der Waals surface area (Å²) < 4.78 is 3.63. The quantitative estimate of drug-likeness (QED) is 0.661. The summed E-state index contributed by atoms with van der Waals surface area (Å²) in [7, 11) is 0. The Hall–Kier alpha value is -3.16. The molecule has 3 aromatic rings. The van der Waals surface area contributed by atoms with Crippen LogP contribution in [0.3, 0.4) is 0 Å². The van der Waals surface area contributed by atoms with Crippen molar-refractivity contribution in [2.24, 2.45) is 5.92 Å². The van der Waals surface area contributed by atoms with Crippen molar-refractivity contribution in [2.75, 3.05) is 0 Å². The van der Waals surface area contributed by atoms with Crippen LogP contribution in [-0.2, 0) is 17.8 Å². The number of hydrogen-bond acceptors (Lipinski definition) is 4. The number of carbonyl (C=O) groups is 2. The highest BCUT2D eigenvalue weighted by atomic mass is 16.2.